The van der Waals surface area contributed by atoms with Crippen LogP contribution in [0.4, 0.5) is 4.39 Å². The second kappa shape index (κ2) is 14.1. The van der Waals surface area contributed by atoms with Gasteiger partial charge in [0, 0.05) is 39.8 Å². The molecule has 1 aromatic rings. The number of benzene rings is 1. The minimum absolute atomic E-state index is 0. The lowest BCUT2D eigenvalue weighted by atomic mass is 10.0. The minimum Gasteiger partial charge on any atom is -0.379 e. The molecule has 0 saturated carbocycles. The van der Waals surface area contributed by atoms with Crippen LogP contribution in [0.3, 0.4) is 0 Å². The molecule has 0 spiro atoms. The number of morpholine rings is 1. The summed E-state index contributed by atoms with van der Waals surface area (Å²) in [7, 11) is 1.76. The van der Waals surface area contributed by atoms with Crippen LogP contribution in [0, 0.1) is 11.7 Å². The second-order valence-corrected chi connectivity index (χ2v) is 7.06. The van der Waals surface area contributed by atoms with Crippen LogP contribution >= 0.6 is 24.0 Å². The molecule has 1 heterocycles. The minimum atomic E-state index is -0.216. The van der Waals surface area contributed by atoms with Gasteiger partial charge in [0.15, 0.2) is 5.96 Å². The van der Waals surface area contributed by atoms with E-state index in [0.29, 0.717) is 25.6 Å². The van der Waals surface area contributed by atoms with Crippen LogP contribution in [-0.2, 0) is 9.47 Å². The Morgan fingerprint density at radius 2 is 1.89 bits per heavy atom. The topological polar surface area (TPSA) is 58.1 Å². The highest BCUT2D eigenvalue weighted by atomic mass is 127. The molecule has 1 aromatic carbocycles. The van der Waals surface area contributed by atoms with E-state index in [4.69, 9.17) is 9.47 Å². The van der Waals surface area contributed by atoms with E-state index < -0.39 is 0 Å². The van der Waals surface area contributed by atoms with E-state index in [9.17, 15) is 4.39 Å². The van der Waals surface area contributed by atoms with Gasteiger partial charge in [0.1, 0.15) is 5.82 Å². The highest BCUT2D eigenvalue weighted by Gasteiger charge is 2.23. The fourth-order valence-corrected chi connectivity index (χ4v) is 3.01. The molecule has 1 aliphatic rings. The molecule has 1 aliphatic heterocycles. The van der Waals surface area contributed by atoms with Crippen molar-refractivity contribution < 1.29 is 13.9 Å². The Kier molecular flexibility index (Phi) is 12.6. The van der Waals surface area contributed by atoms with E-state index in [0.717, 1.165) is 44.4 Å². The van der Waals surface area contributed by atoms with Crippen LogP contribution in [0.25, 0.3) is 0 Å². The van der Waals surface area contributed by atoms with Gasteiger partial charge in [-0.05, 0) is 23.6 Å². The third-order valence-corrected chi connectivity index (χ3v) is 4.42. The molecule has 2 rings (SSSR count). The number of rotatable bonds is 9. The Bertz CT molecular complexity index is 566. The summed E-state index contributed by atoms with van der Waals surface area (Å²) in [6, 6.07) is 6.87. The molecule has 160 valence electrons. The lowest BCUT2D eigenvalue weighted by molar-refractivity contribution is 0.0169. The Hall–Kier alpha value is -0.970. The predicted octanol–water partition coefficient (Wildman–Crippen LogP) is 2.65. The first-order valence-electron chi connectivity index (χ1n) is 9.69. The van der Waals surface area contributed by atoms with Crippen molar-refractivity contribution in [1.29, 1.82) is 0 Å². The molecule has 1 atom stereocenters. The Labute approximate surface area is 185 Å². The highest BCUT2D eigenvalue weighted by molar-refractivity contribution is 14.0. The molecule has 1 fully saturated rings. The summed E-state index contributed by atoms with van der Waals surface area (Å²) >= 11 is 0. The van der Waals surface area contributed by atoms with Gasteiger partial charge < -0.3 is 20.1 Å². The first-order valence-corrected chi connectivity index (χ1v) is 9.69. The van der Waals surface area contributed by atoms with Crippen molar-refractivity contribution in [3.63, 3.8) is 0 Å². The summed E-state index contributed by atoms with van der Waals surface area (Å²) in [6.45, 7) is 10.2. The van der Waals surface area contributed by atoms with E-state index in [-0.39, 0.29) is 35.8 Å². The van der Waals surface area contributed by atoms with Gasteiger partial charge in [-0.15, -0.1) is 24.0 Å². The van der Waals surface area contributed by atoms with Crippen molar-refractivity contribution in [1.82, 2.24) is 15.5 Å². The zero-order valence-electron chi connectivity index (χ0n) is 17.1. The van der Waals surface area contributed by atoms with Gasteiger partial charge in [-0.25, -0.2) is 4.39 Å². The van der Waals surface area contributed by atoms with E-state index >= 15 is 0 Å². The van der Waals surface area contributed by atoms with Crippen LogP contribution in [-0.4, -0.2) is 70.5 Å². The number of aliphatic imine (C=N–C) groups is 1. The van der Waals surface area contributed by atoms with Crippen LogP contribution in [0.1, 0.15) is 25.5 Å². The van der Waals surface area contributed by atoms with Gasteiger partial charge >= 0.3 is 0 Å². The molecular formula is C20H34FIN4O2. The number of guanidine groups is 1. The fraction of sp³-hybridized carbons (Fsp3) is 0.650. The van der Waals surface area contributed by atoms with Gasteiger partial charge in [0.05, 0.1) is 25.9 Å². The van der Waals surface area contributed by atoms with Gasteiger partial charge in [-0.1, -0.05) is 26.0 Å². The summed E-state index contributed by atoms with van der Waals surface area (Å²) < 4.78 is 24.4. The van der Waals surface area contributed by atoms with Crippen molar-refractivity contribution in [3.05, 3.63) is 35.6 Å². The maximum Gasteiger partial charge on any atom is 0.191 e. The standard InChI is InChI=1S/C20H33FN4O2.HI/c1-16(2)15-27-11-8-23-20(22-3)24-14-19(25-9-12-26-13-10-25)17-4-6-18(21)7-5-17;/h4-7,16,19H,8-15H2,1-3H3,(H2,22,23,24);1H. The number of ether oxygens (including phenoxy) is 2. The van der Waals surface area contributed by atoms with Crippen molar-refractivity contribution in [2.75, 3.05) is 59.7 Å². The lowest BCUT2D eigenvalue weighted by Crippen LogP contribution is -2.46. The Morgan fingerprint density at radius 3 is 2.50 bits per heavy atom. The van der Waals surface area contributed by atoms with Gasteiger partial charge in [0.25, 0.3) is 0 Å². The van der Waals surface area contributed by atoms with Gasteiger partial charge in [0.2, 0.25) is 0 Å². The summed E-state index contributed by atoms with van der Waals surface area (Å²) in [4.78, 5) is 6.65. The molecule has 1 saturated heterocycles. The molecule has 0 amide bonds. The van der Waals surface area contributed by atoms with Crippen molar-refractivity contribution in [3.8, 4) is 0 Å². The molecule has 1 unspecified atom stereocenters. The molecule has 0 aromatic heterocycles. The summed E-state index contributed by atoms with van der Waals surface area (Å²) in [6.07, 6.45) is 0. The molecule has 8 heteroatoms. The number of halogens is 2. The predicted molar refractivity (Wildman–Crippen MR) is 122 cm³/mol. The van der Waals surface area contributed by atoms with Crippen molar-refractivity contribution in [2.24, 2.45) is 10.9 Å². The number of nitrogens with one attached hydrogen (secondary N) is 2. The van der Waals surface area contributed by atoms with Gasteiger partial charge in [-0.2, -0.15) is 0 Å². The number of hydrogen-bond acceptors (Lipinski definition) is 4. The fourth-order valence-electron chi connectivity index (χ4n) is 3.01. The molecule has 2 N–H and O–H groups in total. The number of nitrogens with zero attached hydrogens (tertiary/aromatic N) is 2. The summed E-state index contributed by atoms with van der Waals surface area (Å²) in [5.74, 6) is 1.06. The number of hydrogen-bond donors (Lipinski definition) is 2. The second-order valence-electron chi connectivity index (χ2n) is 7.06. The lowest BCUT2D eigenvalue weighted by Gasteiger charge is -2.35. The first-order chi connectivity index (χ1) is 13.1. The van der Waals surface area contributed by atoms with E-state index in [1.54, 1.807) is 7.05 Å². The van der Waals surface area contributed by atoms with Crippen LogP contribution in [0.2, 0.25) is 0 Å². The van der Waals surface area contributed by atoms with E-state index in [2.05, 4.69) is 34.4 Å². The largest absolute Gasteiger partial charge is 0.379 e. The Balaban J connectivity index is 0.00000392. The molecular weight excluding hydrogens is 474 g/mol. The first kappa shape index (κ1) is 25.1. The normalized spacial score (nSPS) is 16.5. The van der Waals surface area contributed by atoms with E-state index in [1.807, 2.05) is 12.1 Å². The third-order valence-electron chi connectivity index (χ3n) is 4.42. The summed E-state index contributed by atoms with van der Waals surface area (Å²) in [5.41, 5.74) is 1.08. The zero-order valence-corrected chi connectivity index (χ0v) is 19.4. The monoisotopic (exact) mass is 508 g/mol. The van der Waals surface area contributed by atoms with E-state index in [1.165, 1.54) is 12.1 Å². The maximum absolute atomic E-state index is 13.3. The quantitative estimate of drug-likeness (QED) is 0.233. The zero-order chi connectivity index (χ0) is 19.5. The average Bonchev–Trinajstić information content (AvgIpc) is 2.68. The molecule has 0 aliphatic carbocycles. The third kappa shape index (κ3) is 9.02. The van der Waals surface area contributed by atoms with Crippen LogP contribution < -0.4 is 10.6 Å². The highest BCUT2D eigenvalue weighted by Crippen LogP contribution is 2.21. The molecule has 0 radical (unpaired) electrons. The molecule has 0 bridgehead atoms. The van der Waals surface area contributed by atoms with Crippen molar-refractivity contribution in [2.45, 2.75) is 19.9 Å². The van der Waals surface area contributed by atoms with Crippen molar-refractivity contribution >= 4 is 29.9 Å². The Morgan fingerprint density at radius 1 is 1.21 bits per heavy atom. The maximum atomic E-state index is 13.3. The molecule has 28 heavy (non-hydrogen) atoms. The average molecular weight is 508 g/mol. The summed E-state index contributed by atoms with van der Waals surface area (Å²) in [5, 5.41) is 6.66. The smallest absolute Gasteiger partial charge is 0.191 e. The SMILES string of the molecule is CN=C(NCCOCC(C)C)NCC(c1ccc(F)cc1)N1CCOCC1.I. The van der Waals surface area contributed by atoms with Crippen LogP contribution in [0.5, 0.6) is 0 Å². The van der Waals surface area contributed by atoms with Gasteiger partial charge in [-0.3, -0.25) is 9.89 Å². The van der Waals surface area contributed by atoms with Crippen LogP contribution in [0.15, 0.2) is 29.3 Å². The molecule has 6 nitrogen and oxygen atoms in total.